The lowest BCUT2D eigenvalue weighted by atomic mass is 10.2. The highest BCUT2D eigenvalue weighted by Gasteiger charge is 2.38. The van der Waals surface area contributed by atoms with Crippen molar-refractivity contribution in [2.24, 2.45) is 7.05 Å². The molecule has 2 N–H and O–H groups in total. The Morgan fingerprint density at radius 1 is 1.27 bits per heavy atom. The highest BCUT2D eigenvalue weighted by Crippen LogP contribution is 2.22. The summed E-state index contributed by atoms with van der Waals surface area (Å²) in [4.78, 5) is 39.6. The molecule has 1 fully saturated rings. The smallest absolute Gasteiger partial charge is 0.475 e. The molecular formula is C19H21F3N6O5. The Hall–Kier alpha value is -3.84. The third-order valence-corrected chi connectivity index (χ3v) is 5.03. The lowest BCUT2D eigenvalue weighted by Gasteiger charge is -2.20. The van der Waals surface area contributed by atoms with E-state index in [1.54, 1.807) is 15.6 Å². The summed E-state index contributed by atoms with van der Waals surface area (Å²) in [5, 5.41) is 14.3. The number of carbonyl (C=O) groups is 3. The molecular weight excluding hydrogens is 449 g/mol. The summed E-state index contributed by atoms with van der Waals surface area (Å²) < 4.78 is 40.4. The molecule has 14 heteroatoms. The van der Waals surface area contributed by atoms with E-state index >= 15 is 0 Å². The van der Waals surface area contributed by atoms with E-state index in [9.17, 15) is 22.8 Å². The SMILES string of the molecule is CC1CC(NC(=O)Cc2cnco2)CN1C(=O)c1cnn2ccn(C)c12.O=C(O)C(F)(F)F. The monoisotopic (exact) mass is 470 g/mol. The summed E-state index contributed by atoms with van der Waals surface area (Å²) in [6.45, 7) is 2.47. The van der Waals surface area contributed by atoms with Gasteiger partial charge in [-0.05, 0) is 13.3 Å². The van der Waals surface area contributed by atoms with E-state index in [0.717, 1.165) is 5.65 Å². The van der Waals surface area contributed by atoms with Gasteiger partial charge < -0.3 is 24.3 Å². The van der Waals surface area contributed by atoms with Crippen molar-refractivity contribution in [2.45, 2.75) is 38.0 Å². The molecule has 2 amide bonds. The molecule has 11 nitrogen and oxygen atoms in total. The number of aryl methyl sites for hydroxylation is 1. The number of carboxylic acid groups (broad SMARTS) is 1. The number of nitrogens with one attached hydrogen (secondary N) is 1. The first-order chi connectivity index (χ1) is 15.5. The first-order valence-electron chi connectivity index (χ1n) is 9.73. The summed E-state index contributed by atoms with van der Waals surface area (Å²) in [5.41, 5.74) is 1.33. The van der Waals surface area contributed by atoms with E-state index in [-0.39, 0.29) is 30.3 Å². The Labute approximate surface area is 184 Å². The first-order valence-corrected chi connectivity index (χ1v) is 9.73. The van der Waals surface area contributed by atoms with Gasteiger partial charge in [0.15, 0.2) is 6.39 Å². The van der Waals surface area contributed by atoms with Gasteiger partial charge in [-0.15, -0.1) is 0 Å². The van der Waals surface area contributed by atoms with Crippen LogP contribution in [-0.2, 0) is 23.1 Å². The number of rotatable bonds is 4. The van der Waals surface area contributed by atoms with E-state index in [0.29, 0.717) is 24.3 Å². The fourth-order valence-corrected chi connectivity index (χ4v) is 3.54. The van der Waals surface area contributed by atoms with E-state index < -0.39 is 12.1 Å². The number of imidazole rings is 1. The van der Waals surface area contributed by atoms with Crippen molar-refractivity contribution in [1.82, 2.24) is 29.4 Å². The molecule has 2 atom stereocenters. The van der Waals surface area contributed by atoms with Gasteiger partial charge in [-0.2, -0.15) is 18.3 Å². The average molecular weight is 470 g/mol. The Morgan fingerprint density at radius 3 is 2.58 bits per heavy atom. The summed E-state index contributed by atoms with van der Waals surface area (Å²) in [5.74, 6) is -2.44. The van der Waals surface area contributed by atoms with Crippen LogP contribution in [0.4, 0.5) is 13.2 Å². The topological polar surface area (TPSA) is 135 Å². The highest BCUT2D eigenvalue weighted by molar-refractivity contribution is 6.00. The zero-order valence-electron chi connectivity index (χ0n) is 17.6. The van der Waals surface area contributed by atoms with Crippen LogP contribution in [0.3, 0.4) is 0 Å². The molecule has 3 aromatic heterocycles. The van der Waals surface area contributed by atoms with Gasteiger partial charge in [0.2, 0.25) is 5.91 Å². The van der Waals surface area contributed by atoms with Crippen LogP contribution >= 0.6 is 0 Å². The Balaban J connectivity index is 0.000000383. The van der Waals surface area contributed by atoms with Crippen molar-refractivity contribution >= 4 is 23.4 Å². The number of halogens is 3. The standard InChI is InChI=1S/C17H20N6O3.C2HF3O2/c1-11-5-12(20-15(24)6-13-7-18-10-26-13)9-22(11)17(25)14-8-19-23-4-3-21(2)16(14)23;3-2(4,5)1(6)7/h3-4,7-8,10-12H,5-6,9H2,1-2H3,(H,20,24);(H,6,7). The first kappa shape index (κ1) is 23.8. The number of carboxylic acids is 1. The quantitative estimate of drug-likeness (QED) is 0.586. The zero-order chi connectivity index (χ0) is 24.3. The maximum atomic E-state index is 13.0. The lowest BCUT2D eigenvalue weighted by molar-refractivity contribution is -0.192. The fraction of sp³-hybridized carbons (Fsp3) is 0.421. The molecule has 1 aliphatic heterocycles. The molecule has 0 bridgehead atoms. The number of amides is 2. The van der Waals surface area contributed by atoms with E-state index in [4.69, 9.17) is 14.3 Å². The van der Waals surface area contributed by atoms with Gasteiger partial charge >= 0.3 is 12.1 Å². The van der Waals surface area contributed by atoms with Gasteiger partial charge in [0.05, 0.1) is 18.8 Å². The van der Waals surface area contributed by atoms with Crippen molar-refractivity contribution < 1.29 is 37.1 Å². The molecule has 0 saturated carbocycles. The van der Waals surface area contributed by atoms with Crippen LogP contribution in [0, 0.1) is 0 Å². The van der Waals surface area contributed by atoms with Gasteiger partial charge in [0.1, 0.15) is 17.0 Å². The van der Waals surface area contributed by atoms with Crippen LogP contribution in [0.1, 0.15) is 29.5 Å². The zero-order valence-corrected chi connectivity index (χ0v) is 17.6. The number of aromatic nitrogens is 4. The summed E-state index contributed by atoms with van der Waals surface area (Å²) >= 11 is 0. The number of alkyl halides is 3. The van der Waals surface area contributed by atoms with Gasteiger partial charge in [0, 0.05) is 38.1 Å². The number of aliphatic carboxylic acids is 1. The maximum absolute atomic E-state index is 13.0. The van der Waals surface area contributed by atoms with Crippen LogP contribution in [-0.4, -0.2) is 71.8 Å². The van der Waals surface area contributed by atoms with Crippen molar-refractivity contribution in [3.63, 3.8) is 0 Å². The molecule has 3 aromatic rings. The molecule has 4 rings (SSSR count). The predicted octanol–water partition coefficient (Wildman–Crippen LogP) is 1.26. The lowest BCUT2D eigenvalue weighted by Crippen LogP contribution is -2.39. The number of likely N-dealkylation sites (tertiary alicyclic amines) is 1. The summed E-state index contributed by atoms with van der Waals surface area (Å²) in [6.07, 6.45) is 3.87. The van der Waals surface area contributed by atoms with Gasteiger partial charge in [-0.1, -0.05) is 0 Å². The van der Waals surface area contributed by atoms with Crippen LogP contribution in [0.25, 0.3) is 5.65 Å². The van der Waals surface area contributed by atoms with Crippen molar-refractivity contribution in [2.75, 3.05) is 6.54 Å². The number of hydrogen-bond donors (Lipinski definition) is 2. The molecule has 1 saturated heterocycles. The van der Waals surface area contributed by atoms with Crippen LogP contribution in [0.15, 0.2) is 35.6 Å². The number of oxazole rings is 1. The minimum absolute atomic E-state index is 0.0355. The highest BCUT2D eigenvalue weighted by atomic mass is 19.4. The molecule has 4 heterocycles. The minimum atomic E-state index is -5.08. The Kier molecular flexibility index (Phi) is 6.74. The van der Waals surface area contributed by atoms with Crippen molar-refractivity contribution in [3.8, 4) is 0 Å². The fourth-order valence-electron chi connectivity index (χ4n) is 3.54. The van der Waals surface area contributed by atoms with Crippen molar-refractivity contribution in [1.29, 1.82) is 0 Å². The van der Waals surface area contributed by atoms with E-state index in [1.165, 1.54) is 12.6 Å². The third-order valence-electron chi connectivity index (χ3n) is 5.03. The van der Waals surface area contributed by atoms with Crippen LogP contribution < -0.4 is 5.32 Å². The van der Waals surface area contributed by atoms with Crippen LogP contribution in [0.2, 0.25) is 0 Å². The third kappa shape index (κ3) is 5.51. The van der Waals surface area contributed by atoms with Gasteiger partial charge in [-0.25, -0.2) is 14.3 Å². The second-order valence-electron chi connectivity index (χ2n) is 7.49. The normalized spacial score (nSPS) is 18.2. The Bertz CT molecular complexity index is 1140. The number of fused-ring (bicyclic) bond motifs is 1. The van der Waals surface area contributed by atoms with Gasteiger partial charge in [-0.3, -0.25) is 9.59 Å². The molecule has 0 radical (unpaired) electrons. The molecule has 0 aromatic carbocycles. The average Bonchev–Trinajstić information content (AvgIpc) is 3.49. The number of hydrogen-bond acceptors (Lipinski definition) is 6. The summed E-state index contributed by atoms with van der Waals surface area (Å²) in [7, 11) is 1.88. The number of carbonyl (C=O) groups excluding carboxylic acids is 2. The molecule has 0 spiro atoms. The second-order valence-corrected chi connectivity index (χ2v) is 7.49. The second kappa shape index (κ2) is 9.34. The molecule has 178 valence electrons. The largest absolute Gasteiger partial charge is 0.490 e. The Morgan fingerprint density at radius 2 is 1.97 bits per heavy atom. The van der Waals surface area contributed by atoms with Gasteiger partial charge in [0.25, 0.3) is 5.91 Å². The minimum Gasteiger partial charge on any atom is -0.475 e. The van der Waals surface area contributed by atoms with Crippen molar-refractivity contribution in [3.05, 3.63) is 42.5 Å². The molecule has 0 aliphatic carbocycles. The van der Waals surface area contributed by atoms with E-state index in [1.807, 2.05) is 30.9 Å². The maximum Gasteiger partial charge on any atom is 0.490 e. The molecule has 2 unspecified atom stereocenters. The summed E-state index contributed by atoms with van der Waals surface area (Å²) in [6, 6.07) is -0.0443. The number of nitrogens with zero attached hydrogens (tertiary/aromatic N) is 5. The van der Waals surface area contributed by atoms with E-state index in [2.05, 4.69) is 15.4 Å². The van der Waals surface area contributed by atoms with Crippen LogP contribution in [0.5, 0.6) is 0 Å². The predicted molar refractivity (Wildman–Crippen MR) is 105 cm³/mol. The molecule has 1 aliphatic rings. The molecule has 33 heavy (non-hydrogen) atoms.